The van der Waals surface area contributed by atoms with Gasteiger partial charge in [0.05, 0.1) is 6.42 Å². The predicted octanol–water partition coefficient (Wildman–Crippen LogP) is 1.74. The van der Waals surface area contributed by atoms with Crippen molar-refractivity contribution in [3.05, 3.63) is 46.0 Å². The lowest BCUT2D eigenvalue weighted by atomic mass is 9.96. The van der Waals surface area contributed by atoms with Crippen LogP contribution in [0, 0.1) is 6.92 Å². The highest BCUT2D eigenvalue weighted by molar-refractivity contribution is 5.86. The molecule has 1 fully saturated rings. The maximum atomic E-state index is 12.3. The Morgan fingerprint density at radius 2 is 2.16 bits per heavy atom. The minimum atomic E-state index is -0.679. The molecule has 3 rings (SSSR count). The molecule has 2 aromatic rings. The Morgan fingerprint density at radius 1 is 1.32 bits per heavy atom. The van der Waals surface area contributed by atoms with Gasteiger partial charge in [0.15, 0.2) is 17.7 Å². The minimum Gasteiger partial charge on any atom is -0.454 e. The van der Waals surface area contributed by atoms with Gasteiger partial charge in [0.25, 0.3) is 5.56 Å². The Labute approximate surface area is 144 Å². The van der Waals surface area contributed by atoms with Crippen molar-refractivity contribution in [2.45, 2.75) is 45.1 Å². The van der Waals surface area contributed by atoms with Crippen LogP contribution in [0.25, 0.3) is 11.5 Å². The monoisotopic (exact) mass is 341 g/mol. The second kappa shape index (κ2) is 7.38. The van der Waals surface area contributed by atoms with Gasteiger partial charge >= 0.3 is 5.97 Å². The van der Waals surface area contributed by atoms with Gasteiger partial charge in [0.1, 0.15) is 5.69 Å². The van der Waals surface area contributed by atoms with Crippen LogP contribution in [-0.2, 0) is 20.7 Å². The number of carbonyl (C=O) groups is 2. The third-order valence-electron chi connectivity index (χ3n) is 4.22. The van der Waals surface area contributed by atoms with E-state index >= 15 is 0 Å². The number of aryl methyl sites for hydroxylation is 1. The van der Waals surface area contributed by atoms with E-state index in [1.165, 1.54) is 0 Å². The van der Waals surface area contributed by atoms with Crippen molar-refractivity contribution in [1.82, 2.24) is 15.0 Å². The first-order valence-corrected chi connectivity index (χ1v) is 8.28. The summed E-state index contributed by atoms with van der Waals surface area (Å²) in [5.74, 6) is -0.280. The molecule has 2 heterocycles. The summed E-state index contributed by atoms with van der Waals surface area (Å²) < 4.78 is 5.25. The van der Waals surface area contributed by atoms with Gasteiger partial charge in [-0.25, -0.2) is 4.98 Å². The largest absolute Gasteiger partial charge is 0.454 e. The number of ketones is 1. The van der Waals surface area contributed by atoms with Crippen LogP contribution < -0.4 is 5.56 Å². The molecule has 1 N–H and O–H groups in total. The molecular weight excluding hydrogens is 322 g/mol. The van der Waals surface area contributed by atoms with Crippen LogP contribution in [0.3, 0.4) is 0 Å². The number of nitrogens with one attached hydrogen (secondary N) is 1. The summed E-state index contributed by atoms with van der Waals surface area (Å²) in [6.45, 7) is 1.66. The highest BCUT2D eigenvalue weighted by Gasteiger charge is 2.26. The SMILES string of the molecule is Cc1nc(-c2ccccn2)[nH]c(=O)c1CC(=O)O[C@H]1CCCCC1=O. The van der Waals surface area contributed by atoms with Gasteiger partial charge in [-0.15, -0.1) is 0 Å². The molecule has 0 saturated heterocycles. The third kappa shape index (κ3) is 3.99. The summed E-state index contributed by atoms with van der Waals surface area (Å²) in [4.78, 5) is 47.3. The average molecular weight is 341 g/mol. The maximum absolute atomic E-state index is 12.3. The van der Waals surface area contributed by atoms with Gasteiger partial charge in [0.2, 0.25) is 0 Å². The molecule has 1 aliphatic rings. The topological polar surface area (TPSA) is 102 Å². The van der Waals surface area contributed by atoms with Gasteiger partial charge in [0, 0.05) is 23.9 Å². The summed E-state index contributed by atoms with van der Waals surface area (Å²) in [5, 5.41) is 0. The Kier molecular flexibility index (Phi) is 5.02. The van der Waals surface area contributed by atoms with E-state index in [1.807, 2.05) is 0 Å². The molecule has 1 atom stereocenters. The molecule has 130 valence electrons. The fourth-order valence-corrected chi connectivity index (χ4v) is 2.86. The van der Waals surface area contributed by atoms with Crippen molar-refractivity contribution in [2.24, 2.45) is 0 Å². The number of aromatic nitrogens is 3. The minimum absolute atomic E-state index is 0.0474. The van der Waals surface area contributed by atoms with Crippen molar-refractivity contribution in [2.75, 3.05) is 0 Å². The molecule has 0 spiro atoms. The van der Waals surface area contributed by atoms with Crippen LogP contribution in [0.4, 0.5) is 0 Å². The fourth-order valence-electron chi connectivity index (χ4n) is 2.86. The number of carbonyl (C=O) groups excluding carboxylic acids is 2. The van der Waals surface area contributed by atoms with Crippen LogP contribution in [0.15, 0.2) is 29.2 Å². The molecule has 0 unspecified atom stereocenters. The molecule has 0 aliphatic heterocycles. The number of hydrogen-bond donors (Lipinski definition) is 1. The van der Waals surface area contributed by atoms with E-state index in [4.69, 9.17) is 4.74 Å². The van der Waals surface area contributed by atoms with E-state index in [1.54, 1.807) is 31.3 Å². The maximum Gasteiger partial charge on any atom is 0.311 e. The van der Waals surface area contributed by atoms with Gasteiger partial charge in [-0.3, -0.25) is 19.4 Å². The van der Waals surface area contributed by atoms with Gasteiger partial charge in [-0.1, -0.05) is 6.07 Å². The van der Waals surface area contributed by atoms with E-state index < -0.39 is 17.6 Å². The molecule has 0 aromatic carbocycles. The van der Waals surface area contributed by atoms with Crippen molar-refractivity contribution in [1.29, 1.82) is 0 Å². The molecule has 1 saturated carbocycles. The molecule has 7 nitrogen and oxygen atoms in total. The quantitative estimate of drug-likeness (QED) is 0.850. The van der Waals surface area contributed by atoms with Crippen molar-refractivity contribution in [3.8, 4) is 11.5 Å². The molecule has 25 heavy (non-hydrogen) atoms. The van der Waals surface area contributed by atoms with Gasteiger partial charge in [-0.05, 0) is 38.3 Å². The summed E-state index contributed by atoms with van der Waals surface area (Å²) >= 11 is 0. The zero-order valence-corrected chi connectivity index (χ0v) is 13.9. The lowest BCUT2D eigenvalue weighted by molar-refractivity contribution is -0.156. The highest BCUT2D eigenvalue weighted by atomic mass is 16.5. The number of aromatic amines is 1. The molecule has 0 amide bonds. The third-order valence-corrected chi connectivity index (χ3v) is 4.22. The number of ether oxygens (including phenoxy) is 1. The zero-order chi connectivity index (χ0) is 17.8. The number of H-pyrrole nitrogens is 1. The summed E-state index contributed by atoms with van der Waals surface area (Å²) in [5.41, 5.74) is 0.828. The first-order valence-electron chi connectivity index (χ1n) is 8.28. The number of Topliss-reactive ketones (excluding diaryl/α,β-unsaturated/α-hetero) is 1. The predicted molar refractivity (Wildman–Crippen MR) is 89.9 cm³/mol. The summed E-state index contributed by atoms with van der Waals surface area (Å²) in [7, 11) is 0. The first-order chi connectivity index (χ1) is 12.0. The number of nitrogens with zero attached hydrogens (tertiary/aromatic N) is 2. The Balaban J connectivity index is 1.75. The normalized spacial score (nSPS) is 17.3. The Bertz CT molecular complexity index is 845. The zero-order valence-electron chi connectivity index (χ0n) is 13.9. The summed E-state index contributed by atoms with van der Waals surface area (Å²) in [6, 6.07) is 5.30. The van der Waals surface area contributed by atoms with Crippen LogP contribution in [0.5, 0.6) is 0 Å². The van der Waals surface area contributed by atoms with Gasteiger partial charge in [-0.2, -0.15) is 0 Å². The lowest BCUT2D eigenvalue weighted by Crippen LogP contribution is -2.31. The second-order valence-electron chi connectivity index (χ2n) is 6.06. The van der Waals surface area contributed by atoms with Crippen molar-refractivity contribution >= 4 is 11.8 Å². The van der Waals surface area contributed by atoms with E-state index in [2.05, 4.69) is 15.0 Å². The molecular formula is C18H19N3O4. The highest BCUT2D eigenvalue weighted by Crippen LogP contribution is 2.18. The van der Waals surface area contributed by atoms with Crippen LogP contribution in [0.2, 0.25) is 0 Å². The molecule has 7 heteroatoms. The first kappa shape index (κ1) is 17.0. The smallest absolute Gasteiger partial charge is 0.311 e. The lowest BCUT2D eigenvalue weighted by Gasteiger charge is -2.20. The molecule has 0 radical (unpaired) electrons. The number of rotatable bonds is 4. The van der Waals surface area contributed by atoms with Crippen molar-refractivity contribution < 1.29 is 14.3 Å². The standard InChI is InChI=1S/C18H19N3O4/c1-11-12(10-16(23)25-15-8-3-2-7-14(15)22)18(24)21-17(20-11)13-6-4-5-9-19-13/h4-6,9,15H,2-3,7-8,10H2,1H3,(H,20,21,24)/t15-/m0/s1. The molecule has 1 aliphatic carbocycles. The summed E-state index contributed by atoms with van der Waals surface area (Å²) in [6.07, 6.45) is 3.42. The fraction of sp³-hybridized carbons (Fsp3) is 0.389. The van der Waals surface area contributed by atoms with Crippen LogP contribution in [0.1, 0.15) is 36.9 Å². The van der Waals surface area contributed by atoms with E-state index in [-0.39, 0.29) is 17.8 Å². The Morgan fingerprint density at radius 3 is 2.84 bits per heavy atom. The van der Waals surface area contributed by atoms with E-state index in [0.717, 1.165) is 12.8 Å². The number of esters is 1. The molecule has 2 aromatic heterocycles. The van der Waals surface area contributed by atoms with Crippen LogP contribution in [-0.4, -0.2) is 32.8 Å². The van der Waals surface area contributed by atoms with Crippen molar-refractivity contribution in [3.63, 3.8) is 0 Å². The second-order valence-corrected chi connectivity index (χ2v) is 6.06. The number of hydrogen-bond acceptors (Lipinski definition) is 6. The van der Waals surface area contributed by atoms with Gasteiger partial charge < -0.3 is 9.72 Å². The average Bonchev–Trinajstić information content (AvgIpc) is 2.61. The van der Waals surface area contributed by atoms with E-state index in [9.17, 15) is 14.4 Å². The number of pyridine rings is 1. The van der Waals surface area contributed by atoms with Crippen LogP contribution >= 0.6 is 0 Å². The van der Waals surface area contributed by atoms with E-state index in [0.29, 0.717) is 30.1 Å². The Hall–Kier alpha value is -2.83. The molecule has 0 bridgehead atoms.